The molecule has 10 rings (SSSR count). The molecular weight excluding hydrogens is 655 g/mol. The predicted molar refractivity (Wildman–Crippen MR) is 212 cm³/mol. The van der Waals surface area contributed by atoms with E-state index in [1.165, 1.54) is 20.7 Å². The van der Waals surface area contributed by atoms with E-state index in [0.717, 1.165) is 61.9 Å². The molecule has 6 heteroatoms. The lowest BCUT2D eigenvalue weighted by atomic mass is 10.1. The van der Waals surface area contributed by atoms with E-state index in [1.54, 1.807) is 6.20 Å². The number of pyridine rings is 2. The van der Waals surface area contributed by atoms with Gasteiger partial charge in [0.2, 0.25) is 0 Å². The van der Waals surface area contributed by atoms with Crippen molar-refractivity contribution in [1.82, 2.24) is 14.5 Å². The quantitative estimate of drug-likeness (QED) is 0.165. The number of ether oxygens (including phenoxy) is 2. The molecule has 0 unspecified atom stereocenters. The largest absolute Gasteiger partial charge is 0.457 e. The van der Waals surface area contributed by atoms with Gasteiger partial charge in [0.05, 0.1) is 16.9 Å². The SMILES string of the molecule is c1ccc([Si]2(c3ccccc3)c3ccccc3Oc3cc4c(cc32)c2cccnc2n4-c2cccc(Oc3cccc(-c4ccccn4)c3)c2)cc1. The molecule has 0 spiro atoms. The second kappa shape index (κ2) is 12.2. The Morgan fingerprint density at radius 1 is 0.500 bits per heavy atom. The lowest BCUT2D eigenvalue weighted by Crippen LogP contribution is -2.76. The van der Waals surface area contributed by atoms with Crippen LogP contribution in [0.4, 0.5) is 0 Å². The number of hydrogen-bond acceptors (Lipinski definition) is 4. The van der Waals surface area contributed by atoms with Gasteiger partial charge in [-0.2, -0.15) is 0 Å². The molecule has 0 aliphatic carbocycles. The molecule has 3 aromatic heterocycles. The van der Waals surface area contributed by atoms with Crippen LogP contribution in [0.15, 0.2) is 188 Å². The van der Waals surface area contributed by atoms with Crippen LogP contribution in [0.1, 0.15) is 0 Å². The zero-order valence-corrected chi connectivity index (χ0v) is 29.1. The van der Waals surface area contributed by atoms with Crippen molar-refractivity contribution in [2.75, 3.05) is 0 Å². The summed E-state index contributed by atoms with van der Waals surface area (Å²) in [7, 11) is -2.81. The second-order valence-corrected chi connectivity index (χ2v) is 16.7. The fourth-order valence-electron chi connectivity index (χ4n) is 7.88. The minimum Gasteiger partial charge on any atom is -0.457 e. The molecule has 9 aromatic rings. The van der Waals surface area contributed by atoms with Crippen LogP contribution in [-0.2, 0) is 0 Å². The summed E-state index contributed by atoms with van der Waals surface area (Å²) in [4.78, 5) is 9.47. The van der Waals surface area contributed by atoms with Crippen LogP contribution in [0.25, 0.3) is 38.9 Å². The summed E-state index contributed by atoms with van der Waals surface area (Å²) < 4.78 is 15.6. The molecule has 0 radical (unpaired) electrons. The fourth-order valence-corrected chi connectivity index (χ4v) is 12.8. The van der Waals surface area contributed by atoms with Crippen molar-refractivity contribution in [1.29, 1.82) is 0 Å². The fraction of sp³-hybridized carbons (Fsp3) is 0. The molecule has 5 nitrogen and oxygen atoms in total. The Bertz CT molecular complexity index is 2710. The Labute approximate surface area is 302 Å². The molecule has 246 valence electrons. The highest BCUT2D eigenvalue weighted by atomic mass is 28.3. The van der Waals surface area contributed by atoms with Crippen LogP contribution < -0.4 is 30.2 Å². The number of nitrogens with zero attached hydrogens (tertiary/aromatic N) is 3. The first-order chi connectivity index (χ1) is 25.8. The van der Waals surface area contributed by atoms with E-state index in [-0.39, 0.29) is 0 Å². The molecule has 0 saturated heterocycles. The molecular formula is C46H31N3O2Si. The van der Waals surface area contributed by atoms with E-state index in [2.05, 4.69) is 125 Å². The third-order valence-corrected chi connectivity index (χ3v) is 14.9. The van der Waals surface area contributed by atoms with Gasteiger partial charge in [-0.15, -0.1) is 0 Å². The second-order valence-electron chi connectivity index (χ2n) is 13.0. The average molecular weight is 686 g/mol. The highest BCUT2D eigenvalue weighted by molar-refractivity contribution is 7.20. The maximum absolute atomic E-state index is 6.89. The monoisotopic (exact) mass is 685 g/mol. The van der Waals surface area contributed by atoms with Gasteiger partial charge in [0.15, 0.2) is 8.07 Å². The molecule has 0 saturated carbocycles. The Balaban J connectivity index is 1.17. The number of hydrogen-bond donors (Lipinski definition) is 0. The van der Waals surface area contributed by atoms with Gasteiger partial charge >= 0.3 is 0 Å². The first-order valence-corrected chi connectivity index (χ1v) is 19.4. The number of aromatic nitrogens is 3. The van der Waals surface area contributed by atoms with Crippen LogP contribution in [0.3, 0.4) is 0 Å². The molecule has 0 fully saturated rings. The zero-order valence-electron chi connectivity index (χ0n) is 28.1. The Kier molecular flexibility index (Phi) is 7.08. The molecule has 6 aromatic carbocycles. The summed E-state index contributed by atoms with van der Waals surface area (Å²) >= 11 is 0. The summed E-state index contributed by atoms with van der Waals surface area (Å²) in [5, 5.41) is 7.32. The van der Waals surface area contributed by atoms with E-state index in [4.69, 9.17) is 14.5 Å². The molecule has 4 heterocycles. The summed E-state index contributed by atoms with van der Waals surface area (Å²) in [6.07, 6.45) is 3.67. The van der Waals surface area contributed by atoms with E-state index in [0.29, 0.717) is 0 Å². The number of fused-ring (bicyclic) bond motifs is 5. The van der Waals surface area contributed by atoms with Crippen molar-refractivity contribution in [3.8, 4) is 39.9 Å². The summed E-state index contributed by atoms with van der Waals surface area (Å²) in [6, 6.07) is 61.5. The normalized spacial score (nSPS) is 12.9. The van der Waals surface area contributed by atoms with Crippen LogP contribution in [-0.4, -0.2) is 22.6 Å². The molecule has 0 atom stereocenters. The van der Waals surface area contributed by atoms with Gasteiger partial charge in [-0.3, -0.25) is 9.55 Å². The molecule has 1 aliphatic rings. The molecule has 1 aliphatic heterocycles. The average Bonchev–Trinajstić information content (AvgIpc) is 3.53. The van der Waals surface area contributed by atoms with Crippen molar-refractivity contribution >= 4 is 50.8 Å². The maximum atomic E-state index is 6.89. The predicted octanol–water partition coefficient (Wildman–Crippen LogP) is 8.52. The number of benzene rings is 6. The van der Waals surface area contributed by atoms with Crippen molar-refractivity contribution in [3.63, 3.8) is 0 Å². The van der Waals surface area contributed by atoms with Gasteiger partial charge in [0.1, 0.15) is 28.6 Å². The molecule has 0 N–H and O–H groups in total. The van der Waals surface area contributed by atoms with Gasteiger partial charge in [-0.1, -0.05) is 103 Å². The highest BCUT2D eigenvalue weighted by Crippen LogP contribution is 2.38. The molecule has 0 bridgehead atoms. The van der Waals surface area contributed by atoms with E-state index in [1.807, 2.05) is 66.9 Å². The summed E-state index contributed by atoms with van der Waals surface area (Å²) in [6.45, 7) is 0. The van der Waals surface area contributed by atoms with Gasteiger partial charge in [0, 0.05) is 40.9 Å². The highest BCUT2D eigenvalue weighted by Gasteiger charge is 2.48. The van der Waals surface area contributed by atoms with Crippen LogP contribution in [0.2, 0.25) is 0 Å². The van der Waals surface area contributed by atoms with Crippen LogP contribution in [0, 0.1) is 0 Å². The Morgan fingerprint density at radius 2 is 1.21 bits per heavy atom. The topological polar surface area (TPSA) is 49.2 Å². The summed E-state index contributed by atoms with van der Waals surface area (Å²) in [5.74, 6) is 3.24. The third-order valence-electron chi connectivity index (χ3n) is 10.1. The first kappa shape index (κ1) is 30.1. The summed E-state index contributed by atoms with van der Waals surface area (Å²) in [5.41, 5.74) is 4.74. The lowest BCUT2D eigenvalue weighted by Gasteiger charge is -2.39. The van der Waals surface area contributed by atoms with Gasteiger partial charge in [0.25, 0.3) is 0 Å². The van der Waals surface area contributed by atoms with Crippen LogP contribution in [0.5, 0.6) is 23.0 Å². The standard InChI is InChI=1S/C46H31N3O2Si/c1-3-18-36(19-4-1)52(37-20-5-2-6-21-37)44-25-8-7-24-42(44)51-43-31-41-39(30-45(43)52)38-22-13-27-48-46(38)49(41)33-15-12-17-35(29-33)50-34-16-11-14-32(28-34)40-23-9-10-26-47-40/h1-31H. The van der Waals surface area contributed by atoms with E-state index in [9.17, 15) is 0 Å². The zero-order chi connectivity index (χ0) is 34.5. The number of rotatable bonds is 6. The van der Waals surface area contributed by atoms with Crippen molar-refractivity contribution in [2.24, 2.45) is 0 Å². The lowest BCUT2D eigenvalue weighted by molar-refractivity contribution is 0.482. The van der Waals surface area contributed by atoms with Crippen molar-refractivity contribution in [3.05, 3.63) is 188 Å². The number of para-hydroxylation sites is 1. The van der Waals surface area contributed by atoms with Crippen molar-refractivity contribution < 1.29 is 9.47 Å². The van der Waals surface area contributed by atoms with Gasteiger partial charge < -0.3 is 9.47 Å². The van der Waals surface area contributed by atoms with Crippen molar-refractivity contribution in [2.45, 2.75) is 0 Å². The van der Waals surface area contributed by atoms with E-state index >= 15 is 0 Å². The van der Waals surface area contributed by atoms with Gasteiger partial charge in [-0.05, 0) is 81.4 Å². The minimum absolute atomic E-state index is 0.726. The first-order valence-electron chi connectivity index (χ1n) is 17.4. The van der Waals surface area contributed by atoms with Gasteiger partial charge in [-0.25, -0.2) is 4.98 Å². The third kappa shape index (κ3) is 4.76. The Morgan fingerprint density at radius 3 is 2.00 bits per heavy atom. The van der Waals surface area contributed by atoms with E-state index < -0.39 is 8.07 Å². The maximum Gasteiger partial charge on any atom is 0.188 e. The Hall–Kier alpha value is -6.76. The minimum atomic E-state index is -2.81. The molecule has 0 amide bonds. The molecule has 52 heavy (non-hydrogen) atoms. The smallest absolute Gasteiger partial charge is 0.188 e. The van der Waals surface area contributed by atoms with Crippen LogP contribution >= 0.6 is 0 Å².